The lowest BCUT2D eigenvalue weighted by Gasteiger charge is -2.02. The Bertz CT molecular complexity index is 992. The van der Waals surface area contributed by atoms with Crippen LogP contribution in [0.3, 0.4) is 0 Å². The molecule has 116 valence electrons. The summed E-state index contributed by atoms with van der Waals surface area (Å²) in [5.41, 5.74) is 3.30. The number of phenolic OH excluding ortho intramolecular Hbond substituents is 1. The maximum Gasteiger partial charge on any atom is 0.128 e. The van der Waals surface area contributed by atoms with Crippen LogP contribution in [0.15, 0.2) is 72.0 Å². The number of benzene rings is 2. The molecule has 0 saturated carbocycles. The molecule has 0 unspecified atom stereocenters. The predicted molar refractivity (Wildman–Crippen MR) is 98.2 cm³/mol. The van der Waals surface area contributed by atoms with Gasteiger partial charge in [0.25, 0.3) is 0 Å². The number of hydrogen-bond donors (Lipinski definition) is 1. The molecule has 0 fully saturated rings. The smallest absolute Gasteiger partial charge is 0.128 e. The minimum Gasteiger partial charge on any atom is -0.507 e. The maximum absolute atomic E-state index is 10.2. The second-order valence-corrected chi connectivity index (χ2v) is 6.26. The molecular formula is C19H13N3OS. The summed E-state index contributed by atoms with van der Waals surface area (Å²) in [4.78, 5) is 13.1. The molecule has 0 saturated heterocycles. The van der Waals surface area contributed by atoms with Gasteiger partial charge < -0.3 is 5.11 Å². The average Bonchev–Trinajstić information content (AvgIpc) is 3.06. The molecule has 0 aliphatic carbocycles. The van der Waals surface area contributed by atoms with Crippen molar-refractivity contribution in [3.8, 4) is 16.3 Å². The Balaban J connectivity index is 1.72. The molecule has 0 atom stereocenters. The number of phenols is 1. The van der Waals surface area contributed by atoms with Crippen LogP contribution in [0, 0.1) is 0 Å². The molecular weight excluding hydrogens is 318 g/mol. The van der Waals surface area contributed by atoms with Crippen LogP contribution in [0.4, 0.5) is 5.69 Å². The first-order valence-corrected chi connectivity index (χ1v) is 8.24. The zero-order valence-corrected chi connectivity index (χ0v) is 13.4. The van der Waals surface area contributed by atoms with Crippen LogP contribution in [-0.4, -0.2) is 21.3 Å². The van der Waals surface area contributed by atoms with Gasteiger partial charge in [0, 0.05) is 24.2 Å². The van der Waals surface area contributed by atoms with Gasteiger partial charge in [-0.25, -0.2) is 4.98 Å². The van der Waals surface area contributed by atoms with Gasteiger partial charge in [0.1, 0.15) is 10.8 Å². The van der Waals surface area contributed by atoms with Crippen molar-refractivity contribution in [2.45, 2.75) is 0 Å². The quantitative estimate of drug-likeness (QED) is 0.548. The lowest BCUT2D eigenvalue weighted by Crippen LogP contribution is -1.82. The Morgan fingerprint density at radius 2 is 1.96 bits per heavy atom. The van der Waals surface area contributed by atoms with E-state index in [0.29, 0.717) is 5.56 Å². The standard InChI is InChI=1S/C19H13N3OS/c23-17-8-7-14(21-12-13-4-3-9-20-11-13)10-15(17)19-22-16-5-1-2-6-18(16)24-19/h1-12,23H. The number of hydrogen-bond acceptors (Lipinski definition) is 5. The minimum atomic E-state index is 0.203. The van der Waals surface area contributed by atoms with Crippen LogP contribution in [0.5, 0.6) is 5.75 Å². The second kappa shape index (κ2) is 6.22. The van der Waals surface area contributed by atoms with E-state index in [4.69, 9.17) is 0 Å². The third kappa shape index (κ3) is 2.89. The fourth-order valence-electron chi connectivity index (χ4n) is 2.36. The third-order valence-corrected chi connectivity index (χ3v) is 4.62. The summed E-state index contributed by atoms with van der Waals surface area (Å²) in [7, 11) is 0. The molecule has 2 aromatic carbocycles. The minimum absolute atomic E-state index is 0.203. The van der Waals surface area contributed by atoms with E-state index < -0.39 is 0 Å². The molecule has 0 spiro atoms. The zero-order valence-electron chi connectivity index (χ0n) is 12.6. The van der Waals surface area contributed by atoms with E-state index in [-0.39, 0.29) is 5.75 Å². The van der Waals surface area contributed by atoms with E-state index in [2.05, 4.69) is 15.0 Å². The van der Waals surface area contributed by atoms with Crippen LogP contribution in [0.2, 0.25) is 0 Å². The first-order chi connectivity index (χ1) is 11.8. The van der Waals surface area contributed by atoms with Crippen LogP contribution in [0.25, 0.3) is 20.8 Å². The number of aromatic hydroxyl groups is 1. The van der Waals surface area contributed by atoms with Gasteiger partial charge in [-0.15, -0.1) is 11.3 Å². The van der Waals surface area contributed by atoms with Crippen LogP contribution >= 0.6 is 11.3 Å². The molecule has 24 heavy (non-hydrogen) atoms. The number of para-hydroxylation sites is 1. The molecule has 2 aromatic heterocycles. The third-order valence-electron chi connectivity index (χ3n) is 3.55. The SMILES string of the molecule is Oc1ccc(N=Cc2cccnc2)cc1-c1nc2ccccc2s1. The van der Waals surface area contributed by atoms with E-state index >= 15 is 0 Å². The molecule has 5 heteroatoms. The monoisotopic (exact) mass is 331 g/mol. The Morgan fingerprint density at radius 3 is 2.79 bits per heavy atom. The van der Waals surface area contributed by atoms with Gasteiger partial charge in [-0.05, 0) is 36.4 Å². The highest BCUT2D eigenvalue weighted by Crippen LogP contribution is 2.37. The van der Waals surface area contributed by atoms with Gasteiger partial charge >= 0.3 is 0 Å². The zero-order chi connectivity index (χ0) is 16.4. The molecule has 0 aliphatic rings. The van der Waals surface area contributed by atoms with Crippen LogP contribution in [-0.2, 0) is 0 Å². The number of fused-ring (bicyclic) bond motifs is 1. The number of nitrogens with zero attached hydrogens (tertiary/aromatic N) is 3. The summed E-state index contributed by atoms with van der Waals surface area (Å²) >= 11 is 1.55. The van der Waals surface area contributed by atoms with Gasteiger partial charge in [-0.1, -0.05) is 18.2 Å². The molecule has 4 aromatic rings. The van der Waals surface area contributed by atoms with Gasteiger partial charge in [0.15, 0.2) is 0 Å². The fourth-order valence-corrected chi connectivity index (χ4v) is 3.36. The first kappa shape index (κ1) is 14.5. The Hall–Kier alpha value is -3.05. The Kier molecular flexibility index (Phi) is 3.76. The lowest BCUT2D eigenvalue weighted by molar-refractivity contribution is 0.477. The number of pyridine rings is 1. The lowest BCUT2D eigenvalue weighted by atomic mass is 10.2. The number of aromatic nitrogens is 2. The summed E-state index contributed by atoms with van der Waals surface area (Å²) in [6.07, 6.45) is 5.23. The van der Waals surface area contributed by atoms with E-state index in [0.717, 1.165) is 26.5 Å². The van der Waals surface area contributed by atoms with E-state index in [1.807, 2.05) is 42.5 Å². The Morgan fingerprint density at radius 1 is 1.04 bits per heavy atom. The van der Waals surface area contributed by atoms with E-state index in [1.54, 1.807) is 42.1 Å². The van der Waals surface area contributed by atoms with Gasteiger partial charge in [-0.2, -0.15) is 0 Å². The van der Waals surface area contributed by atoms with Crippen molar-refractivity contribution in [3.05, 3.63) is 72.6 Å². The highest BCUT2D eigenvalue weighted by Gasteiger charge is 2.10. The number of aliphatic imine (C=N–C) groups is 1. The summed E-state index contributed by atoms with van der Waals surface area (Å²) in [6, 6.07) is 17.0. The van der Waals surface area contributed by atoms with Gasteiger partial charge in [0.05, 0.1) is 21.5 Å². The topological polar surface area (TPSA) is 58.4 Å². The van der Waals surface area contributed by atoms with Crippen LogP contribution < -0.4 is 0 Å². The van der Waals surface area contributed by atoms with Crippen molar-refractivity contribution in [1.29, 1.82) is 0 Å². The summed E-state index contributed by atoms with van der Waals surface area (Å²) in [5, 5.41) is 11.0. The molecule has 4 rings (SSSR count). The van der Waals surface area contributed by atoms with Crippen molar-refractivity contribution in [1.82, 2.24) is 9.97 Å². The summed E-state index contributed by atoms with van der Waals surface area (Å²) < 4.78 is 1.09. The molecule has 1 N–H and O–H groups in total. The highest BCUT2D eigenvalue weighted by atomic mass is 32.1. The number of rotatable bonds is 3. The van der Waals surface area contributed by atoms with E-state index in [9.17, 15) is 5.11 Å². The second-order valence-electron chi connectivity index (χ2n) is 5.23. The predicted octanol–water partition coefficient (Wildman–Crippen LogP) is 4.81. The van der Waals surface area contributed by atoms with Crippen molar-refractivity contribution in [2.75, 3.05) is 0 Å². The average molecular weight is 331 g/mol. The summed E-state index contributed by atoms with van der Waals surface area (Å²) in [5.74, 6) is 0.203. The molecule has 0 aliphatic heterocycles. The summed E-state index contributed by atoms with van der Waals surface area (Å²) in [6.45, 7) is 0. The Labute approximate surface area is 142 Å². The number of thiazole rings is 1. The van der Waals surface area contributed by atoms with Crippen molar-refractivity contribution in [2.24, 2.45) is 4.99 Å². The molecule has 0 amide bonds. The van der Waals surface area contributed by atoms with Crippen molar-refractivity contribution >= 4 is 33.5 Å². The normalized spacial score (nSPS) is 11.3. The highest BCUT2D eigenvalue weighted by molar-refractivity contribution is 7.21. The van der Waals surface area contributed by atoms with Crippen molar-refractivity contribution < 1.29 is 5.11 Å². The van der Waals surface area contributed by atoms with Gasteiger partial charge in [-0.3, -0.25) is 9.98 Å². The fraction of sp³-hybridized carbons (Fsp3) is 0. The van der Waals surface area contributed by atoms with E-state index in [1.165, 1.54) is 0 Å². The maximum atomic E-state index is 10.2. The molecule has 0 radical (unpaired) electrons. The first-order valence-electron chi connectivity index (χ1n) is 7.43. The van der Waals surface area contributed by atoms with Crippen LogP contribution in [0.1, 0.15) is 5.56 Å². The van der Waals surface area contributed by atoms with Gasteiger partial charge in [0.2, 0.25) is 0 Å². The molecule has 2 heterocycles. The molecule has 0 bridgehead atoms. The molecule has 4 nitrogen and oxygen atoms in total. The van der Waals surface area contributed by atoms with Crippen molar-refractivity contribution in [3.63, 3.8) is 0 Å². The largest absolute Gasteiger partial charge is 0.507 e.